The summed E-state index contributed by atoms with van der Waals surface area (Å²) in [5.41, 5.74) is 4.55. The Hall–Kier alpha value is -3.83. The first-order valence-electron chi connectivity index (χ1n) is 12.1. The summed E-state index contributed by atoms with van der Waals surface area (Å²) < 4.78 is 1.79. The fourth-order valence-electron chi connectivity index (χ4n) is 4.54. The highest BCUT2D eigenvalue weighted by Crippen LogP contribution is 2.30. The van der Waals surface area contributed by atoms with Crippen molar-refractivity contribution in [1.82, 2.24) is 24.6 Å². The number of allylic oxidation sites excluding steroid dienone is 1. The Labute approximate surface area is 219 Å². The molecule has 2 aromatic rings. The van der Waals surface area contributed by atoms with E-state index in [-0.39, 0.29) is 12.1 Å². The smallest absolute Gasteiger partial charge is 0.338 e. The molecule has 0 radical (unpaired) electrons. The Morgan fingerprint density at radius 2 is 1.89 bits per heavy atom. The van der Waals surface area contributed by atoms with Gasteiger partial charge < -0.3 is 9.80 Å². The van der Waals surface area contributed by atoms with E-state index in [4.69, 9.17) is 4.99 Å². The summed E-state index contributed by atoms with van der Waals surface area (Å²) >= 11 is 0. The van der Waals surface area contributed by atoms with Gasteiger partial charge in [-0.05, 0) is 61.5 Å². The predicted octanol–water partition coefficient (Wildman–Crippen LogP) is 2.77. The van der Waals surface area contributed by atoms with Crippen LogP contribution >= 0.6 is 9.24 Å². The van der Waals surface area contributed by atoms with Crippen LogP contribution in [0.3, 0.4) is 0 Å². The molecular formula is C26H32N9OP. The number of guanidine groups is 1. The van der Waals surface area contributed by atoms with E-state index < -0.39 is 0 Å². The number of hydrazone groups is 1. The fraction of sp³-hybridized carbons (Fsp3) is 0.385. The van der Waals surface area contributed by atoms with Gasteiger partial charge in [0.25, 0.3) is 0 Å². The topological polar surface area (TPSA) is 105 Å². The van der Waals surface area contributed by atoms with Crippen LogP contribution < -0.4 is 5.30 Å². The van der Waals surface area contributed by atoms with Gasteiger partial charge in [0, 0.05) is 51.6 Å². The number of carbonyl (C=O) groups is 1. The van der Waals surface area contributed by atoms with E-state index in [1.54, 1.807) is 35.0 Å². The molecule has 37 heavy (non-hydrogen) atoms. The maximum absolute atomic E-state index is 13.4. The number of aliphatic imine (C=N–C) groups is 2. The minimum absolute atomic E-state index is 0.144. The largest absolute Gasteiger partial charge is 0.341 e. The van der Waals surface area contributed by atoms with Crippen LogP contribution in [-0.4, -0.2) is 81.9 Å². The zero-order chi connectivity index (χ0) is 26.7. The summed E-state index contributed by atoms with van der Waals surface area (Å²) in [4.78, 5) is 26.4. The number of carbonyl (C=O) groups excluding carboxylic acids is 1. The molecule has 11 heteroatoms. The van der Waals surface area contributed by atoms with E-state index in [1.165, 1.54) is 5.01 Å². The molecule has 0 spiro atoms. The number of hydrogen-bond donors (Lipinski definition) is 0. The molecule has 1 aromatic carbocycles. The van der Waals surface area contributed by atoms with Gasteiger partial charge in [0.05, 0.1) is 23.4 Å². The Kier molecular flexibility index (Phi) is 7.84. The second-order valence-corrected chi connectivity index (χ2v) is 9.72. The highest BCUT2D eigenvalue weighted by Gasteiger charge is 2.33. The van der Waals surface area contributed by atoms with Gasteiger partial charge in [-0.1, -0.05) is 6.58 Å². The second kappa shape index (κ2) is 11.1. The standard InChI is InChI=1S/C26H32N9OP/c1-6-24(34-19(4)17(2)18(3)31-34)30-25(28-5)32-9-11-33(12-10-32)26(36)35-23(7-8-29-35)21-13-20(16-27)14-22(37)15-21/h6,8,13-15,23H,1,7,9-12,37H2,2-5H3. The Bertz CT molecular complexity index is 1340. The SMILES string of the molecule is C=CC(=NC(=NC)N1CCN(C(=O)N2N=CCC2c2cc(P)cc(C#N)c2)CC1)n1nc(C)c(C)c1C. The predicted molar refractivity (Wildman–Crippen MR) is 150 cm³/mol. The van der Waals surface area contributed by atoms with E-state index >= 15 is 0 Å². The van der Waals surface area contributed by atoms with Gasteiger partial charge in [-0.3, -0.25) is 4.99 Å². The number of piperazine rings is 1. The number of nitrogens with zero attached hydrogens (tertiary/aromatic N) is 9. The van der Waals surface area contributed by atoms with Gasteiger partial charge >= 0.3 is 6.03 Å². The van der Waals surface area contributed by atoms with Gasteiger partial charge in [-0.25, -0.2) is 14.5 Å². The van der Waals surface area contributed by atoms with Gasteiger partial charge in [0.1, 0.15) is 0 Å². The number of hydrogen-bond acceptors (Lipinski definition) is 5. The van der Waals surface area contributed by atoms with Crippen molar-refractivity contribution in [3.63, 3.8) is 0 Å². The molecule has 1 saturated heterocycles. The molecule has 10 nitrogen and oxygen atoms in total. The molecule has 2 unspecified atom stereocenters. The molecule has 2 aliphatic heterocycles. The van der Waals surface area contributed by atoms with E-state index in [0.717, 1.165) is 27.8 Å². The van der Waals surface area contributed by atoms with Crippen LogP contribution in [-0.2, 0) is 0 Å². The Morgan fingerprint density at radius 3 is 2.49 bits per heavy atom. The zero-order valence-electron chi connectivity index (χ0n) is 21.7. The molecule has 0 N–H and O–H groups in total. The summed E-state index contributed by atoms with van der Waals surface area (Å²) in [7, 11) is 4.33. The first-order valence-corrected chi connectivity index (χ1v) is 12.7. The minimum atomic E-state index is -0.227. The summed E-state index contributed by atoms with van der Waals surface area (Å²) in [5.74, 6) is 1.18. The van der Waals surface area contributed by atoms with Crippen LogP contribution in [0.4, 0.5) is 4.79 Å². The van der Waals surface area contributed by atoms with E-state index in [1.807, 2.05) is 32.9 Å². The van der Waals surface area contributed by atoms with Crippen molar-refractivity contribution in [2.24, 2.45) is 15.1 Å². The molecule has 0 aliphatic carbocycles. The molecule has 192 valence electrons. The number of amides is 2. The molecular weight excluding hydrogens is 485 g/mol. The number of aromatic nitrogens is 2. The number of urea groups is 1. The minimum Gasteiger partial charge on any atom is -0.338 e. The van der Waals surface area contributed by atoms with E-state index in [9.17, 15) is 10.1 Å². The normalized spacial score (nSPS) is 18.4. The van der Waals surface area contributed by atoms with Crippen LogP contribution in [0.5, 0.6) is 0 Å². The second-order valence-electron chi connectivity index (χ2n) is 9.06. The maximum Gasteiger partial charge on any atom is 0.341 e. The third kappa shape index (κ3) is 5.32. The first-order chi connectivity index (χ1) is 17.8. The van der Waals surface area contributed by atoms with Crippen molar-refractivity contribution in [2.45, 2.75) is 33.2 Å². The number of aryl methyl sites for hydroxylation is 1. The van der Waals surface area contributed by atoms with Crippen LogP contribution in [0.25, 0.3) is 0 Å². The molecule has 1 aromatic heterocycles. The van der Waals surface area contributed by atoms with Crippen molar-refractivity contribution in [1.29, 1.82) is 5.26 Å². The lowest BCUT2D eigenvalue weighted by molar-refractivity contribution is 0.123. The lowest BCUT2D eigenvalue weighted by Crippen LogP contribution is -2.53. The molecule has 3 heterocycles. The van der Waals surface area contributed by atoms with Crippen molar-refractivity contribution >= 4 is 38.6 Å². The maximum atomic E-state index is 13.4. The number of benzene rings is 1. The average Bonchev–Trinajstić information content (AvgIpc) is 3.50. The fourth-order valence-corrected chi connectivity index (χ4v) is 4.91. The number of nitriles is 1. The van der Waals surface area contributed by atoms with Crippen LogP contribution in [0.1, 0.15) is 40.5 Å². The number of rotatable bonds is 2. The lowest BCUT2D eigenvalue weighted by atomic mass is 10.0. The van der Waals surface area contributed by atoms with Gasteiger partial charge in [-0.2, -0.15) is 20.5 Å². The molecule has 1 fully saturated rings. The monoisotopic (exact) mass is 517 g/mol. The molecule has 2 aliphatic rings. The zero-order valence-corrected chi connectivity index (χ0v) is 22.9. The highest BCUT2D eigenvalue weighted by atomic mass is 31.0. The van der Waals surface area contributed by atoms with Crippen molar-refractivity contribution < 1.29 is 4.79 Å². The molecule has 0 bridgehead atoms. The average molecular weight is 518 g/mol. The van der Waals surface area contributed by atoms with Crippen molar-refractivity contribution in [2.75, 3.05) is 33.2 Å². The lowest BCUT2D eigenvalue weighted by Gasteiger charge is -2.37. The summed E-state index contributed by atoms with van der Waals surface area (Å²) in [6.07, 6.45) is 4.05. The molecule has 0 saturated carbocycles. The van der Waals surface area contributed by atoms with Crippen LogP contribution in [0.15, 0.2) is 45.9 Å². The molecule has 2 atom stereocenters. The third-order valence-corrected chi connectivity index (χ3v) is 7.15. The molecule has 4 rings (SSSR count). The summed E-state index contributed by atoms with van der Waals surface area (Å²) in [5, 5.41) is 20.7. The molecule has 2 amide bonds. The van der Waals surface area contributed by atoms with Crippen molar-refractivity contribution in [3.05, 3.63) is 58.9 Å². The van der Waals surface area contributed by atoms with Crippen LogP contribution in [0, 0.1) is 32.1 Å². The van der Waals surface area contributed by atoms with E-state index in [2.05, 4.69) is 42.0 Å². The van der Waals surface area contributed by atoms with Crippen LogP contribution in [0.2, 0.25) is 0 Å². The summed E-state index contributed by atoms with van der Waals surface area (Å²) in [6, 6.07) is 7.43. The van der Waals surface area contributed by atoms with Gasteiger partial charge in [0.15, 0.2) is 5.84 Å². The Balaban J connectivity index is 1.45. The van der Waals surface area contributed by atoms with Gasteiger partial charge in [-0.15, -0.1) is 9.24 Å². The summed E-state index contributed by atoms with van der Waals surface area (Å²) in [6.45, 7) is 12.1. The van der Waals surface area contributed by atoms with E-state index in [0.29, 0.717) is 50.0 Å². The first kappa shape index (κ1) is 26.2. The quantitative estimate of drug-likeness (QED) is 0.347. The van der Waals surface area contributed by atoms with Gasteiger partial charge in [0.2, 0.25) is 5.96 Å². The van der Waals surface area contributed by atoms with Crippen molar-refractivity contribution in [3.8, 4) is 6.07 Å². The Morgan fingerprint density at radius 1 is 1.19 bits per heavy atom. The third-order valence-electron chi connectivity index (χ3n) is 6.82. The highest BCUT2D eigenvalue weighted by molar-refractivity contribution is 7.27.